The average Bonchev–Trinajstić information content (AvgIpc) is 2.88. The number of ether oxygens (including phenoxy) is 4. The molecule has 2 aliphatic rings. The molecule has 17 nitrogen and oxygen atoms in total. The number of aldehydes is 1. The molecule has 0 saturated carbocycles. The van der Waals surface area contributed by atoms with Crippen molar-refractivity contribution in [2.75, 3.05) is 19.8 Å². The summed E-state index contributed by atoms with van der Waals surface area (Å²) in [5.41, 5.74) is 0. The minimum atomic E-state index is -2.02. The number of carbonyl (C=O) groups excluding carboxylic acids is 2. The predicted molar refractivity (Wildman–Crippen MR) is 114 cm³/mol. The molecule has 14 atom stereocenters. The summed E-state index contributed by atoms with van der Waals surface area (Å²) in [7, 11) is 0. The fraction of sp³-hybridized carbons (Fsp3) is 0.900. The van der Waals surface area contributed by atoms with E-state index >= 15 is 0 Å². The Bertz CT molecular complexity index is 728. The van der Waals surface area contributed by atoms with Gasteiger partial charge in [0.25, 0.3) is 0 Å². The summed E-state index contributed by atoms with van der Waals surface area (Å²) in [4.78, 5) is 23.1. The van der Waals surface area contributed by atoms with Crippen LogP contribution in [0.5, 0.6) is 0 Å². The second kappa shape index (κ2) is 14.1. The summed E-state index contributed by atoms with van der Waals surface area (Å²) in [5.74, 6) is -0.742. The fourth-order valence-electron chi connectivity index (χ4n) is 3.95. The molecule has 0 aliphatic carbocycles. The van der Waals surface area contributed by atoms with Crippen molar-refractivity contribution in [3.05, 3.63) is 0 Å². The summed E-state index contributed by atoms with van der Waals surface area (Å²) in [6, 6.07) is -1.63. The van der Waals surface area contributed by atoms with Crippen molar-refractivity contribution < 1.29 is 79.6 Å². The van der Waals surface area contributed by atoms with Crippen LogP contribution in [-0.4, -0.2) is 169 Å². The van der Waals surface area contributed by atoms with Crippen LogP contribution in [0.3, 0.4) is 0 Å². The van der Waals surface area contributed by atoms with Gasteiger partial charge >= 0.3 is 0 Å². The highest BCUT2D eigenvalue weighted by atomic mass is 16.7. The zero-order valence-electron chi connectivity index (χ0n) is 19.7. The van der Waals surface area contributed by atoms with E-state index in [9.17, 15) is 60.7 Å². The topological polar surface area (TPSA) is 285 Å². The number of aliphatic hydroxyl groups is 10. The molecule has 0 bridgehead atoms. The molecule has 216 valence electrons. The highest BCUT2D eigenvalue weighted by Gasteiger charge is 2.52. The molecule has 0 aromatic carbocycles. The molecule has 2 rings (SSSR count). The number of rotatable bonds is 12. The first-order valence-electron chi connectivity index (χ1n) is 11.3. The maximum absolute atomic E-state index is 11.6. The zero-order valence-corrected chi connectivity index (χ0v) is 19.7. The summed E-state index contributed by atoms with van der Waals surface area (Å²) in [6.45, 7) is -1.62. The van der Waals surface area contributed by atoms with E-state index in [2.05, 4.69) is 5.32 Å². The van der Waals surface area contributed by atoms with E-state index in [1.807, 2.05) is 0 Å². The first kappa shape index (κ1) is 31.8. The fourth-order valence-corrected chi connectivity index (χ4v) is 3.95. The molecule has 17 heteroatoms. The molecule has 2 aliphatic heterocycles. The third-order valence-electron chi connectivity index (χ3n) is 6.04. The second-order valence-corrected chi connectivity index (χ2v) is 8.71. The summed E-state index contributed by atoms with van der Waals surface area (Å²) in [6.07, 6.45) is -23.4. The van der Waals surface area contributed by atoms with Gasteiger partial charge in [0.2, 0.25) is 5.91 Å². The lowest BCUT2D eigenvalue weighted by Gasteiger charge is -2.46. The van der Waals surface area contributed by atoms with Crippen molar-refractivity contribution in [3.8, 4) is 0 Å². The lowest BCUT2D eigenvalue weighted by atomic mass is 9.96. The summed E-state index contributed by atoms with van der Waals surface area (Å²) >= 11 is 0. The molecular formula is C20H35NO16. The van der Waals surface area contributed by atoms with E-state index < -0.39 is 111 Å². The van der Waals surface area contributed by atoms with Crippen LogP contribution in [0.2, 0.25) is 0 Å². The minimum absolute atomic E-state index is 0.148. The highest BCUT2D eigenvalue weighted by molar-refractivity contribution is 5.77. The molecule has 0 unspecified atom stereocenters. The van der Waals surface area contributed by atoms with Crippen molar-refractivity contribution in [3.63, 3.8) is 0 Å². The molecular weight excluding hydrogens is 510 g/mol. The van der Waals surface area contributed by atoms with Crippen molar-refractivity contribution in [2.45, 2.75) is 92.7 Å². The normalized spacial score (nSPS) is 39.9. The molecule has 2 fully saturated rings. The van der Waals surface area contributed by atoms with E-state index in [1.165, 1.54) is 0 Å². The van der Waals surface area contributed by atoms with Crippen molar-refractivity contribution in [1.29, 1.82) is 0 Å². The molecule has 2 saturated heterocycles. The van der Waals surface area contributed by atoms with Crippen LogP contribution in [0.15, 0.2) is 0 Å². The first-order valence-corrected chi connectivity index (χ1v) is 11.3. The van der Waals surface area contributed by atoms with Gasteiger partial charge in [-0.25, -0.2) is 0 Å². The van der Waals surface area contributed by atoms with E-state index in [4.69, 9.17) is 18.9 Å². The third-order valence-corrected chi connectivity index (χ3v) is 6.04. The van der Waals surface area contributed by atoms with Gasteiger partial charge < -0.3 is 80.1 Å². The van der Waals surface area contributed by atoms with Crippen LogP contribution in [0.4, 0.5) is 0 Å². The second-order valence-electron chi connectivity index (χ2n) is 8.71. The monoisotopic (exact) mass is 545 g/mol. The molecule has 2 heterocycles. The first-order chi connectivity index (χ1) is 17.4. The lowest BCUT2D eigenvalue weighted by molar-refractivity contribution is -0.366. The number of carbonyl (C=O) groups is 2. The van der Waals surface area contributed by atoms with Gasteiger partial charge in [-0.15, -0.1) is 0 Å². The number of amides is 1. The number of aliphatic hydroxyl groups excluding tert-OH is 10. The average molecular weight is 545 g/mol. The van der Waals surface area contributed by atoms with Crippen LogP contribution in [0, 0.1) is 0 Å². The van der Waals surface area contributed by atoms with Crippen LogP contribution < -0.4 is 5.32 Å². The van der Waals surface area contributed by atoms with E-state index in [1.54, 1.807) is 0 Å². The van der Waals surface area contributed by atoms with Gasteiger partial charge in [-0.05, 0) is 0 Å². The van der Waals surface area contributed by atoms with Gasteiger partial charge in [-0.2, -0.15) is 0 Å². The minimum Gasteiger partial charge on any atom is -0.394 e. The van der Waals surface area contributed by atoms with Crippen LogP contribution >= 0.6 is 0 Å². The van der Waals surface area contributed by atoms with Gasteiger partial charge in [-0.1, -0.05) is 0 Å². The maximum Gasteiger partial charge on any atom is 0.217 e. The Labute approximate surface area is 210 Å². The van der Waals surface area contributed by atoms with E-state index in [0.717, 1.165) is 6.92 Å². The van der Waals surface area contributed by atoms with Crippen molar-refractivity contribution in [1.82, 2.24) is 5.32 Å². The van der Waals surface area contributed by atoms with Crippen molar-refractivity contribution >= 4 is 12.2 Å². The maximum atomic E-state index is 11.6. The number of hydrogen-bond acceptors (Lipinski definition) is 16. The van der Waals surface area contributed by atoms with Crippen LogP contribution in [-0.2, 0) is 28.5 Å². The SMILES string of the molecule is CC(=O)N[C@@H](C=O)[C@@H](O[C@@H]1O[C@H](CO)[C@H](O)[C@H](O[C@H]2O[C@H](CO)[C@H](O)[C@H](O)[C@H]2O)[C@H]1O)[C@H](O)[C@H](O)CO. The zero-order chi connectivity index (χ0) is 28.0. The Kier molecular flexibility index (Phi) is 12.1. The molecule has 0 radical (unpaired) electrons. The Morgan fingerprint density at radius 3 is 1.97 bits per heavy atom. The molecule has 11 N–H and O–H groups in total. The Morgan fingerprint density at radius 1 is 0.892 bits per heavy atom. The van der Waals surface area contributed by atoms with Crippen LogP contribution in [0.1, 0.15) is 6.92 Å². The largest absolute Gasteiger partial charge is 0.394 e. The quantitative estimate of drug-likeness (QED) is 0.102. The standard InChI is InChI=1S/C20H35NO16/c1-6(26)21-7(2-22)17(11(28)8(27)3-23)36-20-16(33)18(13(30)10(5-25)35-20)37-19-15(32)14(31)12(29)9(4-24)34-19/h2,7-20,23-25,27-33H,3-5H2,1H3,(H,21,26)/t7-,8+,9+,10+,11+,12-,13-,14-,15+,16+,17+,18-,19+,20-/m0/s1. The van der Waals surface area contributed by atoms with Gasteiger partial charge in [0.1, 0.15) is 79.5 Å². The van der Waals surface area contributed by atoms with Gasteiger partial charge in [0, 0.05) is 6.92 Å². The number of nitrogens with one attached hydrogen (secondary N) is 1. The molecule has 1 amide bonds. The van der Waals surface area contributed by atoms with Gasteiger partial charge in [-0.3, -0.25) is 4.79 Å². The Hall–Kier alpha value is -1.42. The lowest BCUT2D eigenvalue weighted by Crippen LogP contribution is -2.66. The van der Waals surface area contributed by atoms with E-state index in [-0.39, 0.29) is 6.29 Å². The molecule has 0 aromatic rings. The van der Waals surface area contributed by atoms with Gasteiger partial charge in [0.15, 0.2) is 12.6 Å². The van der Waals surface area contributed by atoms with Crippen molar-refractivity contribution in [2.24, 2.45) is 0 Å². The molecule has 0 aromatic heterocycles. The summed E-state index contributed by atoms with van der Waals surface area (Å²) in [5, 5.41) is 102. The smallest absolute Gasteiger partial charge is 0.217 e. The number of hydrogen-bond donors (Lipinski definition) is 11. The Morgan fingerprint density at radius 2 is 1.46 bits per heavy atom. The predicted octanol–water partition coefficient (Wildman–Crippen LogP) is -7.59. The summed E-state index contributed by atoms with van der Waals surface area (Å²) < 4.78 is 21.4. The van der Waals surface area contributed by atoms with Gasteiger partial charge in [0.05, 0.1) is 19.8 Å². The third kappa shape index (κ3) is 7.37. The van der Waals surface area contributed by atoms with E-state index in [0.29, 0.717) is 0 Å². The Balaban J connectivity index is 2.32. The molecule has 0 spiro atoms. The highest BCUT2D eigenvalue weighted by Crippen LogP contribution is 2.30. The molecule has 37 heavy (non-hydrogen) atoms. The van der Waals surface area contributed by atoms with Crippen LogP contribution in [0.25, 0.3) is 0 Å².